The molecule has 0 atom stereocenters. The molecule has 2 saturated heterocycles. The number of hydrogen-bond acceptors (Lipinski definition) is 7. The monoisotopic (exact) mass is 488 g/mol. The van der Waals surface area contributed by atoms with E-state index in [1.165, 1.54) is 16.4 Å². The summed E-state index contributed by atoms with van der Waals surface area (Å²) in [5, 5.41) is 4.60. The molecule has 0 N–H and O–H groups in total. The van der Waals surface area contributed by atoms with E-state index in [9.17, 15) is 13.2 Å². The lowest BCUT2D eigenvalue weighted by Crippen LogP contribution is -2.48. The Hall–Kier alpha value is -2.79. The molecular weight excluding hydrogens is 468 g/mol. The predicted molar refractivity (Wildman–Crippen MR) is 119 cm³/mol. The van der Waals surface area contributed by atoms with Crippen LogP contribution in [-0.4, -0.2) is 73.1 Å². The Bertz CT molecular complexity index is 1270. The van der Waals surface area contributed by atoms with Gasteiger partial charge in [-0.05, 0) is 36.4 Å². The number of sulfonamides is 1. The predicted octanol–water partition coefficient (Wildman–Crippen LogP) is 2.65. The van der Waals surface area contributed by atoms with Crippen LogP contribution in [0.25, 0.3) is 11.4 Å². The Labute approximate surface area is 195 Å². The van der Waals surface area contributed by atoms with E-state index in [0.29, 0.717) is 61.7 Å². The van der Waals surface area contributed by atoms with Crippen LogP contribution in [0.1, 0.15) is 22.2 Å². The maximum atomic E-state index is 12.8. The van der Waals surface area contributed by atoms with Crippen molar-refractivity contribution in [3.63, 3.8) is 0 Å². The van der Waals surface area contributed by atoms with Gasteiger partial charge < -0.3 is 14.2 Å². The second kappa shape index (κ2) is 8.86. The third-order valence-corrected chi connectivity index (χ3v) is 7.90. The number of carbonyl (C=O) groups is 1. The Morgan fingerprint density at radius 2 is 1.79 bits per heavy atom. The van der Waals surface area contributed by atoms with E-state index in [1.807, 2.05) is 12.1 Å². The summed E-state index contributed by atoms with van der Waals surface area (Å²) in [6.45, 7) is 2.31. The Morgan fingerprint density at radius 3 is 2.48 bits per heavy atom. The van der Waals surface area contributed by atoms with Gasteiger partial charge in [0.2, 0.25) is 21.7 Å². The summed E-state index contributed by atoms with van der Waals surface area (Å²) in [7, 11) is -3.59. The molecule has 0 bridgehead atoms. The molecule has 11 heteroatoms. The number of benzene rings is 2. The van der Waals surface area contributed by atoms with Crippen LogP contribution in [0.15, 0.2) is 57.9 Å². The maximum Gasteiger partial charge on any atom is 0.253 e. The first kappa shape index (κ1) is 22.0. The van der Waals surface area contributed by atoms with E-state index in [2.05, 4.69) is 10.1 Å². The minimum absolute atomic E-state index is 0.0460. The normalized spacial score (nSPS) is 17.7. The van der Waals surface area contributed by atoms with Crippen LogP contribution < -0.4 is 0 Å². The Kier molecular flexibility index (Phi) is 5.92. The first-order valence-corrected chi connectivity index (χ1v) is 12.3. The zero-order valence-electron chi connectivity index (χ0n) is 17.6. The van der Waals surface area contributed by atoms with Gasteiger partial charge in [0.25, 0.3) is 5.91 Å². The number of nitrogens with zero attached hydrogens (tertiary/aromatic N) is 4. The molecule has 1 amide bonds. The average molecular weight is 489 g/mol. The van der Waals surface area contributed by atoms with Gasteiger partial charge in [-0.1, -0.05) is 28.9 Å². The number of morpholine rings is 1. The van der Waals surface area contributed by atoms with Crippen LogP contribution in [0.4, 0.5) is 0 Å². The van der Waals surface area contributed by atoms with Crippen molar-refractivity contribution in [3.8, 4) is 11.4 Å². The number of amides is 1. The standard InChI is InChI=1S/C22H21ClN4O5S/c23-18-3-1-2-16(12-18)20-24-21(32-25-20)17-13-26(14-17)22(28)15-4-6-19(7-5-15)33(29,30)27-8-10-31-11-9-27/h1-7,12,17H,8-11,13-14H2. The van der Waals surface area contributed by atoms with Crippen molar-refractivity contribution < 1.29 is 22.5 Å². The van der Waals surface area contributed by atoms with Crippen LogP contribution >= 0.6 is 11.6 Å². The number of likely N-dealkylation sites (tertiary alicyclic amines) is 1. The molecule has 3 heterocycles. The van der Waals surface area contributed by atoms with Gasteiger partial charge >= 0.3 is 0 Å². The number of rotatable bonds is 5. The number of carbonyl (C=O) groups excluding carboxylic acids is 1. The molecule has 2 aliphatic rings. The number of aromatic nitrogens is 2. The molecular formula is C22H21ClN4O5S. The van der Waals surface area contributed by atoms with E-state index < -0.39 is 10.0 Å². The molecule has 0 spiro atoms. The molecule has 1 aromatic heterocycles. The third-order valence-electron chi connectivity index (χ3n) is 5.75. The molecule has 5 rings (SSSR count). The molecule has 0 aliphatic carbocycles. The van der Waals surface area contributed by atoms with E-state index in [-0.39, 0.29) is 16.7 Å². The number of hydrogen-bond donors (Lipinski definition) is 0. The van der Waals surface area contributed by atoms with Gasteiger partial charge in [0, 0.05) is 42.3 Å². The largest absolute Gasteiger partial charge is 0.379 e. The average Bonchev–Trinajstić information content (AvgIpc) is 3.28. The zero-order chi connectivity index (χ0) is 23.0. The molecule has 9 nitrogen and oxygen atoms in total. The summed E-state index contributed by atoms with van der Waals surface area (Å²) in [5.74, 6) is 0.710. The Balaban J connectivity index is 1.21. The lowest BCUT2D eigenvalue weighted by Gasteiger charge is -2.37. The van der Waals surface area contributed by atoms with E-state index >= 15 is 0 Å². The smallest absolute Gasteiger partial charge is 0.253 e. The second-order valence-corrected chi connectivity index (χ2v) is 10.3. The number of halogens is 1. The van der Waals surface area contributed by atoms with Crippen molar-refractivity contribution in [3.05, 3.63) is 65.0 Å². The highest BCUT2D eigenvalue weighted by atomic mass is 35.5. The van der Waals surface area contributed by atoms with Crippen molar-refractivity contribution >= 4 is 27.5 Å². The van der Waals surface area contributed by atoms with Gasteiger partial charge in [-0.15, -0.1) is 0 Å². The fourth-order valence-electron chi connectivity index (χ4n) is 3.83. The Morgan fingerprint density at radius 1 is 1.06 bits per heavy atom. The molecule has 172 valence electrons. The maximum absolute atomic E-state index is 12.8. The van der Waals surface area contributed by atoms with Crippen molar-refractivity contribution in [2.45, 2.75) is 10.8 Å². The molecule has 0 unspecified atom stereocenters. The van der Waals surface area contributed by atoms with Gasteiger partial charge in [-0.25, -0.2) is 8.42 Å². The highest BCUT2D eigenvalue weighted by molar-refractivity contribution is 7.89. The molecule has 2 aliphatic heterocycles. The zero-order valence-corrected chi connectivity index (χ0v) is 19.1. The van der Waals surface area contributed by atoms with Gasteiger partial charge in [-0.2, -0.15) is 9.29 Å². The summed E-state index contributed by atoms with van der Waals surface area (Å²) in [5.41, 5.74) is 1.19. The van der Waals surface area contributed by atoms with Crippen LogP contribution in [0.5, 0.6) is 0 Å². The summed E-state index contributed by atoms with van der Waals surface area (Å²) in [6, 6.07) is 13.2. The first-order valence-electron chi connectivity index (χ1n) is 10.5. The second-order valence-electron chi connectivity index (χ2n) is 7.91. The third kappa shape index (κ3) is 4.39. The topological polar surface area (TPSA) is 106 Å². The van der Waals surface area contributed by atoms with E-state index in [0.717, 1.165) is 5.56 Å². The van der Waals surface area contributed by atoms with E-state index in [4.69, 9.17) is 20.9 Å². The van der Waals surface area contributed by atoms with E-state index in [1.54, 1.807) is 29.2 Å². The van der Waals surface area contributed by atoms with Gasteiger partial charge in [0.05, 0.1) is 24.0 Å². The number of ether oxygens (including phenoxy) is 1. The van der Waals surface area contributed by atoms with Crippen LogP contribution in [-0.2, 0) is 14.8 Å². The highest BCUT2D eigenvalue weighted by Gasteiger charge is 2.36. The molecule has 2 fully saturated rings. The highest BCUT2D eigenvalue weighted by Crippen LogP contribution is 2.29. The summed E-state index contributed by atoms with van der Waals surface area (Å²) in [6.07, 6.45) is 0. The lowest BCUT2D eigenvalue weighted by molar-refractivity contribution is 0.0569. The van der Waals surface area contributed by atoms with Crippen LogP contribution in [0.3, 0.4) is 0 Å². The van der Waals surface area contributed by atoms with Crippen LogP contribution in [0.2, 0.25) is 5.02 Å². The minimum Gasteiger partial charge on any atom is -0.379 e. The fraction of sp³-hybridized carbons (Fsp3) is 0.318. The van der Waals surface area contributed by atoms with Gasteiger partial charge in [-0.3, -0.25) is 4.79 Å². The first-order chi connectivity index (χ1) is 15.9. The summed E-state index contributed by atoms with van der Waals surface area (Å²) < 4.78 is 37.5. The molecule has 0 radical (unpaired) electrons. The molecule has 0 saturated carbocycles. The van der Waals surface area contributed by atoms with Crippen molar-refractivity contribution in [1.82, 2.24) is 19.3 Å². The molecule has 2 aromatic carbocycles. The van der Waals surface area contributed by atoms with Crippen molar-refractivity contribution in [2.75, 3.05) is 39.4 Å². The summed E-state index contributed by atoms with van der Waals surface area (Å²) in [4.78, 5) is 19.1. The van der Waals surface area contributed by atoms with Gasteiger partial charge in [0.1, 0.15) is 0 Å². The summed E-state index contributed by atoms with van der Waals surface area (Å²) >= 11 is 6.02. The lowest BCUT2D eigenvalue weighted by atomic mass is 9.98. The minimum atomic E-state index is -3.59. The molecule has 33 heavy (non-hydrogen) atoms. The molecule has 3 aromatic rings. The van der Waals surface area contributed by atoms with Gasteiger partial charge in [0.15, 0.2) is 0 Å². The quantitative estimate of drug-likeness (QED) is 0.543. The van der Waals surface area contributed by atoms with Crippen molar-refractivity contribution in [2.24, 2.45) is 0 Å². The SMILES string of the molecule is O=C(c1ccc(S(=O)(=O)N2CCOCC2)cc1)N1CC(c2nc(-c3cccc(Cl)c3)no2)C1. The van der Waals surface area contributed by atoms with Crippen LogP contribution in [0, 0.1) is 0 Å². The fourth-order valence-corrected chi connectivity index (χ4v) is 5.43. The van der Waals surface area contributed by atoms with Crippen molar-refractivity contribution in [1.29, 1.82) is 0 Å².